The Hall–Kier alpha value is -3.86. The summed E-state index contributed by atoms with van der Waals surface area (Å²) in [5.41, 5.74) is 9.41. The van der Waals surface area contributed by atoms with Crippen molar-refractivity contribution in [3.63, 3.8) is 0 Å². The maximum Gasteiger partial charge on any atom is 0.401 e. The molecule has 4 nitrogen and oxygen atoms in total. The quantitative estimate of drug-likeness (QED) is 0.243. The summed E-state index contributed by atoms with van der Waals surface area (Å²) in [7, 11) is 6.50. The summed E-state index contributed by atoms with van der Waals surface area (Å²) in [6, 6.07) is 34.3. The molecule has 0 N–H and O–H groups in total. The Bertz CT molecular complexity index is 1100. The molecule has 0 atom stereocenters. The summed E-state index contributed by atoms with van der Waals surface area (Å²) in [4.78, 5) is 9.15. The van der Waals surface area contributed by atoms with Gasteiger partial charge in [0.25, 0.3) is 0 Å². The Kier molecular flexibility index (Phi) is 12.5. The molecule has 6 rings (SSSR count). The van der Waals surface area contributed by atoms with Crippen LogP contribution in [0.15, 0.2) is 97.1 Å². The molecule has 0 saturated carbocycles. The molecule has 4 aromatic rings. The van der Waals surface area contributed by atoms with E-state index in [2.05, 4.69) is 138 Å². The SMILES string of the molecule is CC.CC.CC.CC.CN1c2ccccc2N([B]N2c3ccccc3N(C)c3ccccc32)c2ccccc21. The van der Waals surface area contributed by atoms with E-state index in [-0.39, 0.29) is 0 Å². The highest BCUT2D eigenvalue weighted by atomic mass is 15.3. The monoisotopic (exact) mass is 521 g/mol. The minimum absolute atomic E-state index is 1.16. The zero-order valence-corrected chi connectivity index (χ0v) is 25.6. The van der Waals surface area contributed by atoms with Crippen LogP contribution in [0.25, 0.3) is 0 Å². The van der Waals surface area contributed by atoms with Gasteiger partial charge in [0.15, 0.2) is 0 Å². The van der Waals surface area contributed by atoms with Crippen molar-refractivity contribution in [2.24, 2.45) is 0 Å². The maximum atomic E-state index is 2.31. The van der Waals surface area contributed by atoms with Gasteiger partial charge in [-0.25, -0.2) is 0 Å². The summed E-state index contributed by atoms with van der Waals surface area (Å²) in [5, 5.41) is 0. The van der Waals surface area contributed by atoms with E-state index in [1.165, 1.54) is 22.7 Å². The second kappa shape index (κ2) is 15.5. The molecule has 0 saturated heterocycles. The van der Waals surface area contributed by atoms with Gasteiger partial charge in [0, 0.05) is 14.1 Å². The topological polar surface area (TPSA) is 13.0 Å². The number of nitrogens with zero attached hydrogens (tertiary/aromatic N) is 4. The van der Waals surface area contributed by atoms with E-state index in [0.717, 1.165) is 22.7 Å². The first-order chi connectivity index (χ1) is 19.2. The fourth-order valence-corrected chi connectivity index (χ4v) is 4.69. The highest BCUT2D eigenvalue weighted by Gasteiger charge is 2.33. The molecular weight excluding hydrogens is 475 g/mol. The first kappa shape index (κ1) is 31.4. The molecule has 0 spiro atoms. The number of benzene rings is 4. The number of para-hydroxylation sites is 8. The molecule has 0 amide bonds. The Morgan fingerprint density at radius 3 is 0.718 bits per heavy atom. The summed E-state index contributed by atoms with van der Waals surface area (Å²) in [5.74, 6) is 0. The molecule has 39 heavy (non-hydrogen) atoms. The Labute approximate surface area is 238 Å². The minimum atomic E-state index is 1.16. The van der Waals surface area contributed by atoms with Crippen LogP contribution >= 0.6 is 0 Å². The van der Waals surface area contributed by atoms with Crippen LogP contribution in [-0.2, 0) is 0 Å². The lowest BCUT2D eigenvalue weighted by molar-refractivity contribution is 1.13. The summed E-state index contributed by atoms with van der Waals surface area (Å²) >= 11 is 0. The summed E-state index contributed by atoms with van der Waals surface area (Å²) in [6.45, 7) is 16.0. The van der Waals surface area contributed by atoms with E-state index >= 15 is 0 Å². The van der Waals surface area contributed by atoms with Crippen LogP contribution in [-0.4, -0.2) is 21.6 Å². The average Bonchev–Trinajstić information content (AvgIpc) is 3.04. The van der Waals surface area contributed by atoms with E-state index in [1.54, 1.807) is 0 Å². The third kappa shape index (κ3) is 6.09. The van der Waals surface area contributed by atoms with Gasteiger partial charge in [0.2, 0.25) is 0 Å². The van der Waals surface area contributed by atoms with E-state index < -0.39 is 0 Å². The Morgan fingerprint density at radius 1 is 0.333 bits per heavy atom. The van der Waals surface area contributed by atoms with Gasteiger partial charge in [-0.1, -0.05) is 104 Å². The van der Waals surface area contributed by atoms with Gasteiger partial charge in [0.05, 0.1) is 45.5 Å². The number of anilines is 8. The van der Waals surface area contributed by atoms with Crippen LogP contribution in [0.5, 0.6) is 0 Å². The first-order valence-corrected chi connectivity index (χ1v) is 14.5. The molecule has 0 unspecified atom stereocenters. The molecule has 1 radical (unpaired) electrons. The Balaban J connectivity index is 0.000000614. The third-order valence-electron chi connectivity index (χ3n) is 6.24. The highest BCUT2D eigenvalue weighted by molar-refractivity contribution is 6.53. The summed E-state index contributed by atoms with van der Waals surface area (Å²) in [6.07, 6.45) is 0. The predicted molar refractivity (Wildman–Crippen MR) is 177 cm³/mol. The lowest BCUT2D eigenvalue weighted by Gasteiger charge is -2.43. The van der Waals surface area contributed by atoms with Crippen molar-refractivity contribution < 1.29 is 0 Å². The van der Waals surface area contributed by atoms with Crippen LogP contribution in [0.1, 0.15) is 55.4 Å². The van der Waals surface area contributed by atoms with Crippen molar-refractivity contribution >= 4 is 53.0 Å². The Morgan fingerprint density at radius 2 is 0.513 bits per heavy atom. The van der Waals surface area contributed by atoms with Gasteiger partial charge in [-0.2, -0.15) is 0 Å². The molecular formula is C34H46BN4. The number of hydrogen-bond acceptors (Lipinski definition) is 4. The summed E-state index contributed by atoms with van der Waals surface area (Å²) < 4.78 is 0. The van der Waals surface area contributed by atoms with Gasteiger partial charge >= 0.3 is 7.55 Å². The number of fused-ring (bicyclic) bond motifs is 4. The van der Waals surface area contributed by atoms with Gasteiger partial charge in [0.1, 0.15) is 0 Å². The molecule has 5 heteroatoms. The van der Waals surface area contributed by atoms with E-state index in [4.69, 9.17) is 0 Å². The lowest BCUT2D eigenvalue weighted by atomic mass is 9.92. The molecule has 2 aliphatic heterocycles. The van der Waals surface area contributed by atoms with Crippen molar-refractivity contribution in [2.45, 2.75) is 55.4 Å². The van der Waals surface area contributed by atoms with Crippen LogP contribution in [0.3, 0.4) is 0 Å². The first-order valence-electron chi connectivity index (χ1n) is 14.5. The van der Waals surface area contributed by atoms with E-state index in [1.807, 2.05) is 55.4 Å². The van der Waals surface area contributed by atoms with Gasteiger partial charge in [-0.3, -0.25) is 0 Å². The zero-order valence-electron chi connectivity index (χ0n) is 25.6. The largest absolute Gasteiger partial charge is 0.401 e. The fourth-order valence-electron chi connectivity index (χ4n) is 4.69. The number of rotatable bonds is 2. The van der Waals surface area contributed by atoms with E-state index in [0.29, 0.717) is 0 Å². The van der Waals surface area contributed by atoms with Gasteiger partial charge in [-0.05, 0) is 48.5 Å². The third-order valence-corrected chi connectivity index (χ3v) is 6.24. The normalized spacial score (nSPS) is 11.6. The zero-order chi connectivity index (χ0) is 28.9. The highest BCUT2D eigenvalue weighted by Crippen LogP contribution is 2.50. The van der Waals surface area contributed by atoms with Crippen molar-refractivity contribution in [1.29, 1.82) is 0 Å². The average molecular weight is 522 g/mol. The van der Waals surface area contributed by atoms with Crippen molar-refractivity contribution in [3.8, 4) is 0 Å². The fraction of sp³-hybridized carbons (Fsp3) is 0.294. The smallest absolute Gasteiger partial charge is 0.365 e. The molecule has 0 aliphatic carbocycles. The van der Waals surface area contributed by atoms with Crippen molar-refractivity contribution in [2.75, 3.05) is 33.5 Å². The van der Waals surface area contributed by atoms with E-state index in [9.17, 15) is 0 Å². The maximum absolute atomic E-state index is 2.31. The molecule has 2 heterocycles. The van der Waals surface area contributed by atoms with Gasteiger partial charge in [-0.15, -0.1) is 0 Å². The van der Waals surface area contributed by atoms with Crippen LogP contribution < -0.4 is 19.4 Å². The molecule has 2 aliphatic rings. The minimum Gasteiger partial charge on any atom is -0.365 e. The molecule has 0 bridgehead atoms. The van der Waals surface area contributed by atoms with Crippen molar-refractivity contribution in [1.82, 2.24) is 0 Å². The standard InChI is InChI=1S/C26H22BN4.4C2H6/c1-28-19-11-3-7-15-23(19)30(24-16-8-4-12-20(24)28)27-31-25-17-9-5-13-21(25)29(2)22-14-6-10-18-26(22)31;4*1-2/h3-18H,1-2H3;4*1-2H3. The molecule has 205 valence electrons. The molecule has 0 aromatic heterocycles. The van der Waals surface area contributed by atoms with Crippen LogP contribution in [0, 0.1) is 0 Å². The second-order valence-electron chi connectivity index (χ2n) is 7.93. The molecule has 0 fully saturated rings. The van der Waals surface area contributed by atoms with Crippen LogP contribution in [0.4, 0.5) is 45.5 Å². The predicted octanol–water partition coefficient (Wildman–Crippen LogP) is 10.5. The number of hydrogen-bond donors (Lipinski definition) is 0. The lowest BCUT2D eigenvalue weighted by Crippen LogP contribution is -2.41. The second-order valence-corrected chi connectivity index (χ2v) is 7.93. The van der Waals surface area contributed by atoms with Gasteiger partial charge < -0.3 is 19.4 Å². The molecule has 4 aromatic carbocycles. The van der Waals surface area contributed by atoms with Crippen LogP contribution in [0.2, 0.25) is 0 Å². The van der Waals surface area contributed by atoms with Crippen molar-refractivity contribution in [3.05, 3.63) is 97.1 Å².